The lowest BCUT2D eigenvalue weighted by atomic mass is 10.0. The molecule has 194 valence electrons. The number of ether oxygens (including phenoxy) is 1. The maximum atomic E-state index is 12.8. The molecule has 1 aliphatic rings. The van der Waals surface area contributed by atoms with Gasteiger partial charge in [-0.15, -0.1) is 0 Å². The van der Waals surface area contributed by atoms with E-state index < -0.39 is 35.5 Å². The van der Waals surface area contributed by atoms with E-state index in [2.05, 4.69) is 10.1 Å². The molecule has 2 aromatic carbocycles. The van der Waals surface area contributed by atoms with Crippen LogP contribution >= 0.6 is 23.4 Å². The molecular formula is C26H19ClN2O8S. The van der Waals surface area contributed by atoms with E-state index in [9.17, 15) is 29.1 Å². The van der Waals surface area contributed by atoms with Gasteiger partial charge in [0, 0.05) is 17.3 Å². The molecule has 3 aromatic rings. The molecule has 2 N–H and O–H groups in total. The molecule has 10 nitrogen and oxygen atoms in total. The SMILES string of the molecule is COC(=O)c1cc(NC(=O)CN2C(=O)SC(=Cc3ccc(-c4cccc(C(=O)O)c4C)o3)C2=O)ccc1Cl. The van der Waals surface area contributed by atoms with Crippen LogP contribution in [0.5, 0.6) is 0 Å². The molecule has 3 amide bonds. The fourth-order valence-corrected chi connectivity index (χ4v) is 4.70. The Morgan fingerprint density at radius 3 is 2.61 bits per heavy atom. The van der Waals surface area contributed by atoms with Crippen molar-refractivity contribution in [2.24, 2.45) is 0 Å². The van der Waals surface area contributed by atoms with Crippen LogP contribution < -0.4 is 5.32 Å². The van der Waals surface area contributed by atoms with Crippen LogP contribution in [0.3, 0.4) is 0 Å². The van der Waals surface area contributed by atoms with Crippen LogP contribution in [-0.2, 0) is 14.3 Å². The van der Waals surface area contributed by atoms with Gasteiger partial charge in [-0.2, -0.15) is 0 Å². The number of carbonyl (C=O) groups is 5. The zero-order valence-corrected chi connectivity index (χ0v) is 21.5. The molecule has 2 heterocycles. The molecule has 0 radical (unpaired) electrons. The first-order chi connectivity index (χ1) is 18.1. The Labute approximate surface area is 225 Å². The lowest BCUT2D eigenvalue weighted by Gasteiger charge is -2.13. The number of nitrogens with one attached hydrogen (secondary N) is 1. The topological polar surface area (TPSA) is 143 Å². The first-order valence-corrected chi connectivity index (χ1v) is 12.1. The maximum absolute atomic E-state index is 12.8. The van der Waals surface area contributed by atoms with E-state index in [4.69, 9.17) is 16.0 Å². The highest BCUT2D eigenvalue weighted by molar-refractivity contribution is 8.18. The largest absolute Gasteiger partial charge is 0.478 e. The number of thioether (sulfide) groups is 1. The van der Waals surface area contributed by atoms with E-state index >= 15 is 0 Å². The van der Waals surface area contributed by atoms with Crippen LogP contribution in [-0.4, -0.2) is 52.7 Å². The van der Waals surface area contributed by atoms with E-state index in [0.29, 0.717) is 28.6 Å². The van der Waals surface area contributed by atoms with Gasteiger partial charge in [0.05, 0.1) is 28.2 Å². The zero-order valence-electron chi connectivity index (χ0n) is 19.9. The summed E-state index contributed by atoms with van der Waals surface area (Å²) in [6.07, 6.45) is 1.38. The van der Waals surface area contributed by atoms with Gasteiger partial charge in [-0.1, -0.05) is 23.7 Å². The van der Waals surface area contributed by atoms with Crippen molar-refractivity contribution in [3.8, 4) is 11.3 Å². The molecule has 1 fully saturated rings. The molecule has 0 saturated carbocycles. The van der Waals surface area contributed by atoms with Gasteiger partial charge in [0.25, 0.3) is 11.1 Å². The summed E-state index contributed by atoms with van der Waals surface area (Å²) in [4.78, 5) is 61.9. The van der Waals surface area contributed by atoms with E-state index in [-0.39, 0.29) is 32.5 Å². The van der Waals surface area contributed by atoms with E-state index in [0.717, 1.165) is 4.90 Å². The molecule has 1 aromatic heterocycles. The number of benzene rings is 2. The van der Waals surface area contributed by atoms with Crippen LogP contribution in [0, 0.1) is 6.92 Å². The van der Waals surface area contributed by atoms with Crippen molar-refractivity contribution in [2.45, 2.75) is 6.92 Å². The quantitative estimate of drug-likeness (QED) is 0.302. The number of nitrogens with zero attached hydrogens (tertiary/aromatic N) is 1. The molecule has 0 atom stereocenters. The minimum atomic E-state index is -1.06. The first-order valence-electron chi connectivity index (χ1n) is 10.9. The maximum Gasteiger partial charge on any atom is 0.339 e. The number of amides is 3. The fourth-order valence-electron chi connectivity index (χ4n) is 3.69. The molecule has 1 aliphatic heterocycles. The Balaban J connectivity index is 1.47. The van der Waals surface area contributed by atoms with Gasteiger partial charge in [0.15, 0.2) is 0 Å². The van der Waals surface area contributed by atoms with Gasteiger partial charge >= 0.3 is 11.9 Å². The second-order valence-electron chi connectivity index (χ2n) is 7.99. The molecule has 0 bridgehead atoms. The number of carbonyl (C=O) groups excluding carboxylic acids is 4. The van der Waals surface area contributed by atoms with E-state index in [1.165, 1.54) is 37.5 Å². The predicted molar refractivity (Wildman–Crippen MR) is 140 cm³/mol. The summed E-state index contributed by atoms with van der Waals surface area (Å²) in [5, 5.41) is 11.4. The lowest BCUT2D eigenvalue weighted by molar-refractivity contribution is -0.127. The van der Waals surface area contributed by atoms with Crippen molar-refractivity contribution in [1.82, 2.24) is 4.90 Å². The number of hydrogen-bond acceptors (Lipinski definition) is 8. The van der Waals surface area contributed by atoms with Crippen molar-refractivity contribution >= 4 is 64.1 Å². The number of rotatable bonds is 7. The van der Waals surface area contributed by atoms with Crippen LogP contribution in [0.4, 0.5) is 10.5 Å². The Morgan fingerprint density at radius 2 is 1.89 bits per heavy atom. The molecule has 1 saturated heterocycles. The molecule has 0 spiro atoms. The predicted octanol–water partition coefficient (Wildman–Crippen LogP) is 5.07. The highest BCUT2D eigenvalue weighted by Gasteiger charge is 2.36. The number of carboxylic acid groups (broad SMARTS) is 1. The van der Waals surface area contributed by atoms with E-state index in [1.807, 2.05) is 0 Å². The number of halogens is 1. The molecule has 0 unspecified atom stereocenters. The number of furan rings is 1. The van der Waals surface area contributed by atoms with Crippen LogP contribution in [0.15, 0.2) is 57.9 Å². The summed E-state index contributed by atoms with van der Waals surface area (Å²) in [6.45, 7) is 1.11. The number of esters is 1. The van der Waals surface area contributed by atoms with Crippen molar-refractivity contribution in [1.29, 1.82) is 0 Å². The third kappa shape index (κ3) is 5.48. The van der Waals surface area contributed by atoms with Crippen molar-refractivity contribution in [2.75, 3.05) is 19.0 Å². The second-order valence-corrected chi connectivity index (χ2v) is 9.39. The minimum absolute atomic E-state index is 0.0452. The average Bonchev–Trinajstić information content (AvgIpc) is 3.44. The third-order valence-corrected chi connectivity index (χ3v) is 6.80. The summed E-state index contributed by atoms with van der Waals surface area (Å²) >= 11 is 6.63. The Morgan fingerprint density at radius 1 is 1.13 bits per heavy atom. The van der Waals surface area contributed by atoms with Gasteiger partial charge < -0.3 is 19.6 Å². The summed E-state index contributed by atoms with van der Waals surface area (Å²) in [7, 11) is 1.19. The second kappa shape index (κ2) is 11.0. The summed E-state index contributed by atoms with van der Waals surface area (Å²) in [5.41, 5.74) is 1.51. The lowest BCUT2D eigenvalue weighted by Crippen LogP contribution is -2.36. The summed E-state index contributed by atoms with van der Waals surface area (Å²) in [6, 6.07) is 12.2. The number of imide groups is 1. The molecule has 0 aliphatic carbocycles. The minimum Gasteiger partial charge on any atom is -0.478 e. The highest BCUT2D eigenvalue weighted by atomic mass is 35.5. The average molecular weight is 555 g/mol. The Kier molecular flexibility index (Phi) is 7.70. The number of methoxy groups -OCH3 is 1. The van der Waals surface area contributed by atoms with Crippen molar-refractivity contribution in [3.63, 3.8) is 0 Å². The van der Waals surface area contributed by atoms with Crippen LogP contribution in [0.1, 0.15) is 32.0 Å². The highest BCUT2D eigenvalue weighted by Crippen LogP contribution is 2.34. The molecule has 4 rings (SSSR count). The molecule has 12 heteroatoms. The number of hydrogen-bond donors (Lipinski definition) is 2. The normalized spacial score (nSPS) is 14.2. The standard InChI is InChI=1S/C26H19ClN2O8S/c1-13-16(4-3-5-17(13)24(32)33)20-9-7-15(37-20)11-21-23(31)29(26(35)38-21)12-22(30)28-14-6-8-19(27)18(10-14)25(34)36-2/h3-11H,12H2,1-2H3,(H,28,30)(H,32,33). The van der Waals surface area contributed by atoms with Crippen LogP contribution in [0.2, 0.25) is 5.02 Å². The van der Waals surface area contributed by atoms with Gasteiger partial charge in [-0.3, -0.25) is 19.3 Å². The number of anilines is 1. The molecular weight excluding hydrogens is 536 g/mol. The zero-order chi connectivity index (χ0) is 27.6. The van der Waals surface area contributed by atoms with Gasteiger partial charge in [-0.25, -0.2) is 9.59 Å². The fraction of sp³-hybridized carbons (Fsp3) is 0.115. The smallest absolute Gasteiger partial charge is 0.339 e. The van der Waals surface area contributed by atoms with Gasteiger partial charge in [0.1, 0.15) is 18.1 Å². The third-order valence-electron chi connectivity index (χ3n) is 5.56. The Hall–Kier alpha value is -4.35. The van der Waals surface area contributed by atoms with Gasteiger partial charge in [0.2, 0.25) is 5.91 Å². The summed E-state index contributed by atoms with van der Waals surface area (Å²) in [5.74, 6) is -2.43. The van der Waals surface area contributed by atoms with Crippen molar-refractivity contribution in [3.05, 3.63) is 80.9 Å². The number of aromatic carboxylic acids is 1. The van der Waals surface area contributed by atoms with E-state index in [1.54, 1.807) is 31.2 Å². The number of carboxylic acids is 1. The first kappa shape index (κ1) is 26.7. The molecule has 38 heavy (non-hydrogen) atoms. The Bertz CT molecular complexity index is 1530. The monoisotopic (exact) mass is 554 g/mol. The van der Waals surface area contributed by atoms with Gasteiger partial charge in [-0.05, 0) is 60.6 Å². The van der Waals surface area contributed by atoms with Crippen LogP contribution in [0.25, 0.3) is 17.4 Å². The van der Waals surface area contributed by atoms with Crippen molar-refractivity contribution < 1.29 is 38.2 Å². The summed E-state index contributed by atoms with van der Waals surface area (Å²) < 4.78 is 10.4.